The zero-order chi connectivity index (χ0) is 19.7. The number of rotatable bonds is 4. The summed E-state index contributed by atoms with van der Waals surface area (Å²) >= 11 is 0. The number of aromatic nitrogens is 5. The topological polar surface area (TPSA) is 92.2 Å². The van der Waals surface area contributed by atoms with Gasteiger partial charge in [0, 0.05) is 31.3 Å². The molecule has 4 heterocycles. The molecule has 1 fully saturated rings. The molecule has 1 saturated heterocycles. The molecule has 0 saturated carbocycles. The van der Waals surface area contributed by atoms with E-state index in [2.05, 4.69) is 31.2 Å². The molecule has 0 bridgehead atoms. The van der Waals surface area contributed by atoms with Crippen LogP contribution in [0.2, 0.25) is 0 Å². The van der Waals surface area contributed by atoms with Crippen LogP contribution in [0.3, 0.4) is 0 Å². The number of alkyl halides is 3. The summed E-state index contributed by atoms with van der Waals surface area (Å²) < 4.78 is 45.1. The average Bonchev–Trinajstić information content (AvgIpc) is 3.32. The molecule has 144 valence electrons. The normalized spacial score (nSPS) is 17.1. The summed E-state index contributed by atoms with van der Waals surface area (Å²) in [6.45, 7) is 1.69. The summed E-state index contributed by atoms with van der Waals surface area (Å²) in [6, 6.07) is 8.53. The molecule has 1 unspecified atom stereocenters. The number of anilines is 1. The lowest BCUT2D eigenvalue weighted by atomic mass is 10.1. The zero-order valence-corrected chi connectivity index (χ0v) is 14.5. The highest BCUT2D eigenvalue weighted by atomic mass is 19.4. The predicted molar refractivity (Wildman–Crippen MR) is 90.6 cm³/mol. The fourth-order valence-electron chi connectivity index (χ4n) is 3.15. The second kappa shape index (κ2) is 6.95. The fraction of sp³-hybridized carbons (Fsp3) is 0.353. The molecule has 8 nitrogen and oxygen atoms in total. The number of nitrogens with zero attached hydrogens (tertiary/aromatic N) is 7. The second-order valence-corrected chi connectivity index (χ2v) is 6.36. The number of halogens is 3. The van der Waals surface area contributed by atoms with Crippen molar-refractivity contribution in [3.8, 4) is 11.9 Å². The summed E-state index contributed by atoms with van der Waals surface area (Å²) in [5.41, 5.74) is 1.13. The van der Waals surface area contributed by atoms with Gasteiger partial charge in [-0.3, -0.25) is 0 Å². The van der Waals surface area contributed by atoms with E-state index in [1.165, 1.54) is 12.1 Å². The van der Waals surface area contributed by atoms with Crippen LogP contribution < -0.4 is 9.64 Å². The third-order valence-corrected chi connectivity index (χ3v) is 4.48. The van der Waals surface area contributed by atoms with Crippen molar-refractivity contribution in [2.24, 2.45) is 5.92 Å². The Hall–Kier alpha value is -3.42. The molecule has 0 spiro atoms. The van der Waals surface area contributed by atoms with E-state index in [9.17, 15) is 18.4 Å². The van der Waals surface area contributed by atoms with Gasteiger partial charge in [0.15, 0.2) is 11.3 Å². The first-order valence-corrected chi connectivity index (χ1v) is 8.48. The molecule has 0 radical (unpaired) electrons. The first kappa shape index (κ1) is 18.0. The number of hydrogen-bond donors (Lipinski definition) is 0. The van der Waals surface area contributed by atoms with Crippen molar-refractivity contribution >= 4 is 11.3 Å². The van der Waals surface area contributed by atoms with Crippen molar-refractivity contribution in [3.63, 3.8) is 0 Å². The Balaban J connectivity index is 1.43. The van der Waals surface area contributed by atoms with E-state index in [0.717, 1.165) is 18.7 Å². The Morgan fingerprint density at radius 3 is 2.89 bits per heavy atom. The summed E-state index contributed by atoms with van der Waals surface area (Å²) in [5, 5.41) is 19.6. The summed E-state index contributed by atoms with van der Waals surface area (Å²) in [5.74, 6) is -0.983. The van der Waals surface area contributed by atoms with Gasteiger partial charge in [-0.25, -0.2) is 4.98 Å². The molecule has 3 aromatic heterocycles. The van der Waals surface area contributed by atoms with Crippen LogP contribution in [-0.2, 0) is 6.18 Å². The lowest BCUT2D eigenvalue weighted by molar-refractivity contribution is -0.146. The molecule has 3 aromatic rings. The fourth-order valence-corrected chi connectivity index (χ4v) is 3.15. The Morgan fingerprint density at radius 2 is 2.11 bits per heavy atom. The average molecular weight is 389 g/mol. The van der Waals surface area contributed by atoms with Crippen LogP contribution in [0.15, 0.2) is 30.5 Å². The maximum Gasteiger partial charge on any atom is 0.453 e. The van der Waals surface area contributed by atoms with E-state index in [4.69, 9.17) is 4.74 Å². The molecule has 0 N–H and O–H groups in total. The van der Waals surface area contributed by atoms with Gasteiger partial charge in [-0.15, -0.1) is 15.3 Å². The SMILES string of the molecule is N#Cc1ncccc1N1CCC(COc2ccc3nnc(C(F)(F)F)n3n2)C1. The maximum atomic E-state index is 12.9. The zero-order valence-electron chi connectivity index (χ0n) is 14.5. The Kier molecular flexibility index (Phi) is 4.46. The van der Waals surface area contributed by atoms with Crippen molar-refractivity contribution in [1.29, 1.82) is 5.26 Å². The number of nitriles is 1. The first-order valence-electron chi connectivity index (χ1n) is 8.48. The van der Waals surface area contributed by atoms with Gasteiger partial charge in [-0.1, -0.05) is 0 Å². The van der Waals surface area contributed by atoms with Gasteiger partial charge in [0.05, 0.1) is 12.3 Å². The van der Waals surface area contributed by atoms with E-state index >= 15 is 0 Å². The van der Waals surface area contributed by atoms with Crippen molar-refractivity contribution in [3.05, 3.63) is 42.0 Å². The predicted octanol–water partition coefficient (Wildman–Crippen LogP) is 2.32. The molecule has 11 heteroatoms. The molecular weight excluding hydrogens is 375 g/mol. The first-order chi connectivity index (χ1) is 13.5. The highest BCUT2D eigenvalue weighted by Crippen LogP contribution is 2.28. The van der Waals surface area contributed by atoms with Crippen LogP contribution >= 0.6 is 0 Å². The molecule has 1 atom stereocenters. The molecule has 4 rings (SSSR count). The van der Waals surface area contributed by atoms with E-state index < -0.39 is 12.0 Å². The van der Waals surface area contributed by atoms with Gasteiger partial charge in [0.1, 0.15) is 6.07 Å². The van der Waals surface area contributed by atoms with Crippen molar-refractivity contribution < 1.29 is 17.9 Å². The third-order valence-electron chi connectivity index (χ3n) is 4.48. The quantitative estimate of drug-likeness (QED) is 0.676. The molecule has 0 amide bonds. The molecular formula is C17H14F3N7O. The largest absolute Gasteiger partial charge is 0.476 e. The maximum absolute atomic E-state index is 12.9. The van der Waals surface area contributed by atoms with Crippen molar-refractivity contribution in [2.75, 3.05) is 24.6 Å². The second-order valence-electron chi connectivity index (χ2n) is 6.36. The van der Waals surface area contributed by atoms with Crippen LogP contribution in [0.25, 0.3) is 5.65 Å². The Morgan fingerprint density at radius 1 is 1.25 bits per heavy atom. The van der Waals surface area contributed by atoms with E-state index in [-0.39, 0.29) is 17.4 Å². The molecule has 1 aliphatic rings. The van der Waals surface area contributed by atoms with Crippen molar-refractivity contribution in [2.45, 2.75) is 12.6 Å². The number of pyridine rings is 1. The van der Waals surface area contributed by atoms with Gasteiger partial charge in [0.25, 0.3) is 5.82 Å². The minimum Gasteiger partial charge on any atom is -0.476 e. The minimum absolute atomic E-state index is 0.00710. The smallest absolute Gasteiger partial charge is 0.453 e. The Bertz CT molecular complexity index is 1040. The minimum atomic E-state index is -4.65. The van der Waals surface area contributed by atoms with Gasteiger partial charge in [-0.05, 0) is 24.6 Å². The standard InChI is InChI=1S/C17H14F3N7O/c18-17(19,20)16-24-23-14-3-4-15(25-27(14)16)28-10-11-5-7-26(9-11)13-2-1-6-22-12(13)8-21/h1-4,6,11H,5,7,9-10H2. The van der Waals surface area contributed by atoms with Gasteiger partial charge < -0.3 is 9.64 Å². The van der Waals surface area contributed by atoms with E-state index in [0.29, 0.717) is 23.4 Å². The van der Waals surface area contributed by atoms with Crippen LogP contribution in [0.5, 0.6) is 5.88 Å². The number of fused-ring (bicyclic) bond motifs is 1. The number of hydrogen-bond acceptors (Lipinski definition) is 7. The lowest BCUT2D eigenvalue weighted by Crippen LogP contribution is -2.23. The van der Waals surface area contributed by atoms with Gasteiger partial charge in [-0.2, -0.15) is 22.9 Å². The van der Waals surface area contributed by atoms with Crippen LogP contribution in [0, 0.1) is 17.2 Å². The highest BCUT2D eigenvalue weighted by Gasteiger charge is 2.37. The van der Waals surface area contributed by atoms with Crippen LogP contribution in [0.1, 0.15) is 17.9 Å². The lowest BCUT2D eigenvalue weighted by Gasteiger charge is -2.19. The van der Waals surface area contributed by atoms with Gasteiger partial charge in [0.2, 0.25) is 5.88 Å². The number of ether oxygens (including phenoxy) is 1. The summed E-state index contributed by atoms with van der Waals surface area (Å²) in [7, 11) is 0. The highest BCUT2D eigenvalue weighted by molar-refractivity contribution is 5.56. The molecule has 28 heavy (non-hydrogen) atoms. The van der Waals surface area contributed by atoms with Crippen LogP contribution in [0.4, 0.5) is 18.9 Å². The van der Waals surface area contributed by atoms with Gasteiger partial charge >= 0.3 is 6.18 Å². The third kappa shape index (κ3) is 3.40. The van der Waals surface area contributed by atoms with Crippen molar-refractivity contribution in [1.82, 2.24) is 24.8 Å². The molecule has 0 aromatic carbocycles. The van der Waals surface area contributed by atoms with E-state index in [1.807, 2.05) is 6.07 Å². The van der Waals surface area contributed by atoms with E-state index in [1.54, 1.807) is 12.3 Å². The van der Waals surface area contributed by atoms with Crippen LogP contribution in [-0.4, -0.2) is 44.5 Å². The summed E-state index contributed by atoms with van der Waals surface area (Å²) in [4.78, 5) is 6.12. The Labute approximate surface area is 157 Å². The monoisotopic (exact) mass is 389 g/mol. The summed E-state index contributed by atoms with van der Waals surface area (Å²) in [6.07, 6.45) is -2.26. The molecule has 0 aliphatic carbocycles. The molecule has 1 aliphatic heterocycles.